The van der Waals surface area contributed by atoms with Crippen LogP contribution in [0.1, 0.15) is 26.2 Å². The van der Waals surface area contributed by atoms with Crippen molar-refractivity contribution in [2.75, 3.05) is 24.5 Å². The van der Waals surface area contributed by atoms with Crippen molar-refractivity contribution in [1.29, 1.82) is 0 Å². The van der Waals surface area contributed by atoms with E-state index in [9.17, 15) is 0 Å². The lowest BCUT2D eigenvalue weighted by Crippen LogP contribution is -2.49. The Morgan fingerprint density at radius 2 is 1.94 bits per heavy atom. The van der Waals surface area contributed by atoms with E-state index < -0.39 is 0 Å². The summed E-state index contributed by atoms with van der Waals surface area (Å²) >= 11 is 0. The van der Waals surface area contributed by atoms with Gasteiger partial charge in [-0.05, 0) is 49.8 Å². The van der Waals surface area contributed by atoms with Crippen LogP contribution in [0, 0.1) is 11.8 Å². The minimum atomic E-state index is 0.676. The van der Waals surface area contributed by atoms with Gasteiger partial charge in [0.2, 0.25) is 0 Å². The maximum absolute atomic E-state index is 3.77. The van der Waals surface area contributed by atoms with E-state index in [1.807, 2.05) is 0 Å². The van der Waals surface area contributed by atoms with E-state index in [1.165, 1.54) is 44.6 Å². The van der Waals surface area contributed by atoms with Crippen molar-refractivity contribution in [1.82, 2.24) is 5.32 Å². The molecule has 1 saturated carbocycles. The fraction of sp³-hybridized carbons (Fsp3) is 0.625. The normalized spacial score (nSPS) is 28.4. The molecular formula is C16H24N2. The van der Waals surface area contributed by atoms with Gasteiger partial charge in [0.25, 0.3) is 0 Å². The second-order valence-corrected chi connectivity index (χ2v) is 6.13. The number of rotatable bonds is 4. The van der Waals surface area contributed by atoms with Gasteiger partial charge in [0, 0.05) is 24.8 Å². The predicted octanol–water partition coefficient (Wildman–Crippen LogP) is 2.90. The molecule has 1 saturated heterocycles. The molecule has 0 bridgehead atoms. The molecule has 1 aromatic rings. The van der Waals surface area contributed by atoms with Gasteiger partial charge in [0.15, 0.2) is 0 Å². The van der Waals surface area contributed by atoms with Gasteiger partial charge in [-0.2, -0.15) is 0 Å². The van der Waals surface area contributed by atoms with Crippen LogP contribution in [0.25, 0.3) is 0 Å². The molecular weight excluding hydrogens is 220 g/mol. The number of benzene rings is 1. The Bertz CT molecular complexity index is 372. The van der Waals surface area contributed by atoms with E-state index in [2.05, 4.69) is 47.5 Å². The summed E-state index contributed by atoms with van der Waals surface area (Å²) in [4.78, 5) is 2.54. The largest absolute Gasteiger partial charge is 0.370 e. The van der Waals surface area contributed by atoms with Gasteiger partial charge in [0.05, 0.1) is 0 Å². The fourth-order valence-corrected chi connectivity index (χ4v) is 3.00. The molecule has 1 aliphatic heterocycles. The van der Waals surface area contributed by atoms with Crippen LogP contribution < -0.4 is 10.2 Å². The Kier molecular flexibility index (Phi) is 3.55. The number of anilines is 1. The molecule has 2 atom stereocenters. The average molecular weight is 244 g/mol. The summed E-state index contributed by atoms with van der Waals surface area (Å²) in [5.41, 5.74) is 1.38. The standard InChI is InChI=1S/C16H24N2/c1-13-9-15(17-10-14-7-8-14)12-18(11-13)16-5-3-2-4-6-16/h2-6,13-15,17H,7-12H2,1H3. The van der Waals surface area contributed by atoms with Crippen LogP contribution in [0.5, 0.6) is 0 Å². The highest BCUT2D eigenvalue weighted by molar-refractivity contribution is 5.46. The zero-order valence-corrected chi connectivity index (χ0v) is 11.3. The minimum Gasteiger partial charge on any atom is -0.370 e. The van der Waals surface area contributed by atoms with Gasteiger partial charge in [-0.1, -0.05) is 25.1 Å². The topological polar surface area (TPSA) is 15.3 Å². The Balaban J connectivity index is 1.60. The summed E-state index contributed by atoms with van der Waals surface area (Å²) in [6, 6.07) is 11.5. The Morgan fingerprint density at radius 3 is 2.67 bits per heavy atom. The zero-order valence-electron chi connectivity index (χ0n) is 11.3. The van der Waals surface area contributed by atoms with Crippen molar-refractivity contribution in [2.45, 2.75) is 32.2 Å². The average Bonchev–Trinajstić information content (AvgIpc) is 3.21. The molecule has 0 radical (unpaired) electrons. The summed E-state index contributed by atoms with van der Waals surface area (Å²) in [5, 5.41) is 3.77. The first-order valence-electron chi connectivity index (χ1n) is 7.34. The highest BCUT2D eigenvalue weighted by Gasteiger charge is 2.27. The second-order valence-electron chi connectivity index (χ2n) is 6.13. The van der Waals surface area contributed by atoms with Gasteiger partial charge >= 0.3 is 0 Å². The molecule has 2 heteroatoms. The zero-order chi connectivity index (χ0) is 12.4. The smallest absolute Gasteiger partial charge is 0.0366 e. The van der Waals surface area contributed by atoms with Crippen molar-refractivity contribution < 1.29 is 0 Å². The van der Waals surface area contributed by atoms with Gasteiger partial charge in [0.1, 0.15) is 0 Å². The maximum atomic E-state index is 3.77. The third-order valence-electron chi connectivity index (χ3n) is 4.17. The van der Waals surface area contributed by atoms with Gasteiger partial charge < -0.3 is 10.2 Å². The molecule has 98 valence electrons. The summed E-state index contributed by atoms with van der Waals surface area (Å²) in [7, 11) is 0. The molecule has 2 aliphatic rings. The SMILES string of the molecule is CC1CC(NCC2CC2)CN(c2ccccc2)C1. The van der Waals surface area contributed by atoms with Crippen LogP contribution in [0.3, 0.4) is 0 Å². The van der Waals surface area contributed by atoms with Crippen LogP contribution in [-0.4, -0.2) is 25.7 Å². The lowest BCUT2D eigenvalue weighted by atomic mass is 9.95. The second kappa shape index (κ2) is 5.31. The van der Waals surface area contributed by atoms with Crippen molar-refractivity contribution in [3.8, 4) is 0 Å². The van der Waals surface area contributed by atoms with Gasteiger partial charge in [-0.25, -0.2) is 0 Å². The summed E-state index contributed by atoms with van der Waals surface area (Å²) in [5.74, 6) is 1.77. The molecule has 3 rings (SSSR count). The Hall–Kier alpha value is -1.02. The summed E-state index contributed by atoms with van der Waals surface area (Å²) in [6.45, 7) is 5.98. The van der Waals surface area contributed by atoms with Crippen LogP contribution >= 0.6 is 0 Å². The molecule has 2 nitrogen and oxygen atoms in total. The van der Waals surface area contributed by atoms with E-state index in [-0.39, 0.29) is 0 Å². The van der Waals surface area contributed by atoms with Crippen molar-refractivity contribution >= 4 is 5.69 Å². The first-order valence-corrected chi connectivity index (χ1v) is 7.34. The third kappa shape index (κ3) is 3.05. The molecule has 0 aromatic heterocycles. The molecule has 0 spiro atoms. The summed E-state index contributed by atoms with van der Waals surface area (Å²) < 4.78 is 0. The fourth-order valence-electron chi connectivity index (χ4n) is 3.00. The number of hydrogen-bond donors (Lipinski definition) is 1. The van der Waals surface area contributed by atoms with Gasteiger partial charge in [-0.3, -0.25) is 0 Å². The van der Waals surface area contributed by atoms with E-state index in [0.717, 1.165) is 11.8 Å². The van der Waals surface area contributed by atoms with E-state index in [4.69, 9.17) is 0 Å². The minimum absolute atomic E-state index is 0.676. The first-order chi connectivity index (χ1) is 8.81. The Labute approximate surface area is 110 Å². The predicted molar refractivity (Wildman–Crippen MR) is 77.0 cm³/mol. The monoisotopic (exact) mass is 244 g/mol. The van der Waals surface area contributed by atoms with Crippen LogP contribution in [0.15, 0.2) is 30.3 Å². The van der Waals surface area contributed by atoms with Crippen LogP contribution in [0.2, 0.25) is 0 Å². The lowest BCUT2D eigenvalue weighted by molar-refractivity contribution is 0.348. The Morgan fingerprint density at radius 1 is 1.17 bits per heavy atom. The first kappa shape index (κ1) is 12.0. The number of piperidine rings is 1. The lowest BCUT2D eigenvalue weighted by Gasteiger charge is -2.38. The molecule has 0 amide bonds. The highest BCUT2D eigenvalue weighted by Crippen LogP contribution is 2.29. The quantitative estimate of drug-likeness (QED) is 0.876. The number of para-hydroxylation sites is 1. The van der Waals surface area contributed by atoms with Crippen molar-refractivity contribution in [2.24, 2.45) is 11.8 Å². The highest BCUT2D eigenvalue weighted by atomic mass is 15.2. The van der Waals surface area contributed by atoms with E-state index in [1.54, 1.807) is 0 Å². The maximum Gasteiger partial charge on any atom is 0.0366 e. The molecule has 1 heterocycles. The molecule has 1 aliphatic carbocycles. The van der Waals surface area contributed by atoms with Gasteiger partial charge in [-0.15, -0.1) is 0 Å². The summed E-state index contributed by atoms with van der Waals surface area (Å²) in [6.07, 6.45) is 4.21. The third-order valence-corrected chi connectivity index (χ3v) is 4.17. The van der Waals surface area contributed by atoms with E-state index >= 15 is 0 Å². The number of nitrogens with zero attached hydrogens (tertiary/aromatic N) is 1. The van der Waals surface area contributed by atoms with Crippen molar-refractivity contribution in [3.63, 3.8) is 0 Å². The molecule has 2 fully saturated rings. The van der Waals surface area contributed by atoms with Crippen molar-refractivity contribution in [3.05, 3.63) is 30.3 Å². The van der Waals surface area contributed by atoms with Crippen LogP contribution in [-0.2, 0) is 0 Å². The molecule has 2 unspecified atom stereocenters. The van der Waals surface area contributed by atoms with E-state index in [0.29, 0.717) is 6.04 Å². The molecule has 1 N–H and O–H groups in total. The molecule has 1 aromatic carbocycles. The number of hydrogen-bond acceptors (Lipinski definition) is 2. The number of nitrogens with one attached hydrogen (secondary N) is 1. The van der Waals surface area contributed by atoms with Crippen LogP contribution in [0.4, 0.5) is 5.69 Å². The molecule has 18 heavy (non-hydrogen) atoms.